The van der Waals surface area contributed by atoms with Gasteiger partial charge in [0.1, 0.15) is 0 Å². The molecular weight excluding hydrogens is 372 g/mol. The Balaban J connectivity index is 1.43. The van der Waals surface area contributed by atoms with Crippen molar-refractivity contribution in [3.63, 3.8) is 0 Å². The van der Waals surface area contributed by atoms with E-state index in [9.17, 15) is 4.79 Å². The van der Waals surface area contributed by atoms with E-state index in [0.717, 1.165) is 36.9 Å². The largest absolute Gasteiger partial charge is 0.334 e. The Morgan fingerprint density at radius 3 is 1.97 bits per heavy atom. The second-order valence-corrected chi connectivity index (χ2v) is 8.38. The van der Waals surface area contributed by atoms with Crippen LogP contribution < -0.4 is 5.32 Å². The van der Waals surface area contributed by atoms with Gasteiger partial charge in [-0.1, -0.05) is 73.5 Å². The first-order chi connectivity index (χ1) is 14.7. The molecule has 2 fully saturated rings. The third-order valence-corrected chi connectivity index (χ3v) is 6.36. The van der Waals surface area contributed by atoms with E-state index in [0.29, 0.717) is 6.54 Å². The van der Waals surface area contributed by atoms with Crippen LogP contribution in [-0.4, -0.2) is 47.8 Å². The van der Waals surface area contributed by atoms with Gasteiger partial charge in [0.05, 0.1) is 0 Å². The maximum Gasteiger partial charge on any atom is 0.264 e. The van der Waals surface area contributed by atoms with E-state index in [2.05, 4.69) is 10.2 Å². The fraction of sp³-hybridized carbons (Fsp3) is 0.440. The second-order valence-electron chi connectivity index (χ2n) is 8.38. The lowest BCUT2D eigenvalue weighted by Crippen LogP contribution is -2.45. The van der Waals surface area contributed by atoms with Crippen molar-refractivity contribution in [3.05, 3.63) is 71.8 Å². The van der Waals surface area contributed by atoms with Crippen LogP contribution in [0.3, 0.4) is 0 Å². The normalized spacial score (nSPS) is 19.1. The number of carbonyl (C=O) groups is 1. The minimum absolute atomic E-state index is 0.0547. The van der Waals surface area contributed by atoms with Crippen LogP contribution in [0.25, 0.3) is 0 Å². The maximum atomic E-state index is 13.7. The monoisotopic (exact) mass is 404 g/mol. The Morgan fingerprint density at radius 2 is 1.37 bits per heavy atom. The number of likely N-dealkylation sites (tertiary alicyclic amines) is 1. The van der Waals surface area contributed by atoms with Gasteiger partial charge in [0.2, 0.25) is 0 Å². The van der Waals surface area contributed by atoms with Crippen LogP contribution in [0, 0.1) is 5.41 Å². The van der Waals surface area contributed by atoms with Gasteiger partial charge in [0.15, 0.2) is 11.5 Å². The number of nitrogens with one attached hydrogen (secondary N) is 2. The molecule has 2 N–H and O–H groups in total. The van der Waals surface area contributed by atoms with Gasteiger partial charge >= 0.3 is 0 Å². The molecule has 1 amide bonds. The molecule has 0 saturated carbocycles. The van der Waals surface area contributed by atoms with E-state index in [1.807, 2.05) is 60.7 Å². The molecular formula is C25H32N4O. The number of piperidine rings is 1. The Hall–Kier alpha value is -2.66. The first-order valence-corrected chi connectivity index (χ1v) is 11.2. The predicted molar refractivity (Wildman–Crippen MR) is 120 cm³/mol. The Labute approximate surface area is 179 Å². The van der Waals surface area contributed by atoms with Crippen molar-refractivity contribution in [2.75, 3.05) is 26.2 Å². The number of benzene rings is 2. The number of amides is 1. The summed E-state index contributed by atoms with van der Waals surface area (Å²) in [5, 5.41) is 11.8. The van der Waals surface area contributed by atoms with Gasteiger partial charge in [0.25, 0.3) is 5.91 Å². The molecule has 0 spiro atoms. The van der Waals surface area contributed by atoms with E-state index >= 15 is 0 Å². The van der Waals surface area contributed by atoms with Crippen molar-refractivity contribution in [1.29, 1.82) is 5.41 Å². The zero-order valence-corrected chi connectivity index (χ0v) is 17.6. The second kappa shape index (κ2) is 9.43. The zero-order valence-electron chi connectivity index (χ0n) is 17.6. The molecule has 2 saturated heterocycles. The molecule has 0 atom stereocenters. The summed E-state index contributed by atoms with van der Waals surface area (Å²) < 4.78 is 0. The number of carbonyl (C=O) groups excluding carboxylic acids is 1. The highest BCUT2D eigenvalue weighted by atomic mass is 16.2. The quantitative estimate of drug-likeness (QED) is 0.655. The minimum atomic E-state index is -1.02. The van der Waals surface area contributed by atoms with Gasteiger partial charge in [-0.15, -0.1) is 0 Å². The predicted octanol–water partition coefficient (Wildman–Crippen LogP) is 3.95. The molecule has 2 heterocycles. The van der Waals surface area contributed by atoms with Gasteiger partial charge < -0.3 is 10.2 Å². The lowest BCUT2D eigenvalue weighted by atomic mass is 9.82. The highest BCUT2D eigenvalue weighted by Gasteiger charge is 2.51. The van der Waals surface area contributed by atoms with Crippen LogP contribution in [0.2, 0.25) is 0 Å². The van der Waals surface area contributed by atoms with Crippen molar-refractivity contribution in [3.8, 4) is 0 Å². The number of hydrogen-bond acceptors (Lipinski definition) is 3. The molecule has 2 aliphatic rings. The summed E-state index contributed by atoms with van der Waals surface area (Å²) in [5.41, 5.74) is 0.727. The van der Waals surface area contributed by atoms with E-state index in [-0.39, 0.29) is 11.9 Å². The first-order valence-electron chi connectivity index (χ1n) is 11.2. The highest BCUT2D eigenvalue weighted by Crippen LogP contribution is 2.35. The Morgan fingerprint density at radius 1 is 0.800 bits per heavy atom. The zero-order chi connectivity index (χ0) is 20.8. The molecule has 158 valence electrons. The molecule has 0 aliphatic carbocycles. The van der Waals surface area contributed by atoms with E-state index < -0.39 is 5.54 Å². The lowest BCUT2D eigenvalue weighted by Gasteiger charge is -2.28. The van der Waals surface area contributed by atoms with Crippen molar-refractivity contribution < 1.29 is 4.79 Å². The molecule has 2 aliphatic heterocycles. The summed E-state index contributed by atoms with van der Waals surface area (Å²) in [6.07, 6.45) is 7.18. The van der Waals surface area contributed by atoms with Crippen LogP contribution in [0.15, 0.2) is 60.7 Å². The van der Waals surface area contributed by atoms with Gasteiger partial charge in [-0.25, -0.2) is 0 Å². The first kappa shape index (κ1) is 20.6. The van der Waals surface area contributed by atoms with Crippen LogP contribution >= 0.6 is 0 Å². The number of rotatable bonds is 8. The summed E-state index contributed by atoms with van der Waals surface area (Å²) in [4.78, 5) is 17.8. The number of nitrogens with zero attached hydrogens (tertiary/aromatic N) is 2. The topological polar surface area (TPSA) is 59.4 Å². The van der Waals surface area contributed by atoms with Gasteiger partial charge in [0, 0.05) is 6.54 Å². The molecule has 2 aromatic carbocycles. The van der Waals surface area contributed by atoms with E-state index in [1.54, 1.807) is 4.90 Å². The smallest absolute Gasteiger partial charge is 0.264 e. The Kier molecular flexibility index (Phi) is 6.48. The molecule has 0 unspecified atom stereocenters. The van der Waals surface area contributed by atoms with Gasteiger partial charge in [-0.3, -0.25) is 15.1 Å². The third-order valence-electron chi connectivity index (χ3n) is 6.36. The highest BCUT2D eigenvalue weighted by molar-refractivity contribution is 6.10. The molecule has 5 nitrogen and oxygen atoms in total. The van der Waals surface area contributed by atoms with Crippen LogP contribution in [0.4, 0.5) is 0 Å². The summed E-state index contributed by atoms with van der Waals surface area (Å²) >= 11 is 0. The Bertz CT molecular complexity index is 806. The maximum absolute atomic E-state index is 13.7. The lowest BCUT2D eigenvalue weighted by molar-refractivity contribution is -0.130. The van der Waals surface area contributed by atoms with Crippen molar-refractivity contribution in [1.82, 2.24) is 15.1 Å². The summed E-state index contributed by atoms with van der Waals surface area (Å²) in [6, 6.07) is 19.6. The fourth-order valence-electron chi connectivity index (χ4n) is 4.72. The van der Waals surface area contributed by atoms with E-state index in [4.69, 9.17) is 5.41 Å². The molecule has 4 rings (SSSR count). The summed E-state index contributed by atoms with van der Waals surface area (Å²) in [7, 11) is 0. The van der Waals surface area contributed by atoms with Crippen molar-refractivity contribution >= 4 is 11.9 Å². The number of unbranched alkanes of at least 4 members (excludes halogenated alkanes) is 2. The molecule has 0 aromatic heterocycles. The summed E-state index contributed by atoms with van der Waals surface area (Å²) in [5.74, 6) is 0.143. The SMILES string of the molecule is N=C1NC(c2ccccc2)(c2ccccc2)C(=O)N1CCCCCN1CCCCC1. The number of hydrogen-bond donors (Lipinski definition) is 2. The van der Waals surface area contributed by atoms with Crippen LogP contribution in [0.5, 0.6) is 0 Å². The fourth-order valence-corrected chi connectivity index (χ4v) is 4.72. The summed E-state index contributed by atoms with van der Waals surface area (Å²) in [6.45, 7) is 4.21. The minimum Gasteiger partial charge on any atom is -0.334 e. The average Bonchev–Trinajstić information content (AvgIpc) is 3.06. The number of guanidine groups is 1. The molecule has 2 aromatic rings. The molecule has 0 radical (unpaired) electrons. The van der Waals surface area contributed by atoms with Gasteiger partial charge in [-0.2, -0.15) is 0 Å². The molecule has 5 heteroatoms. The third kappa shape index (κ3) is 4.12. The van der Waals surface area contributed by atoms with Crippen molar-refractivity contribution in [2.45, 2.75) is 44.1 Å². The van der Waals surface area contributed by atoms with Crippen molar-refractivity contribution in [2.24, 2.45) is 0 Å². The average molecular weight is 405 g/mol. The van der Waals surface area contributed by atoms with E-state index in [1.165, 1.54) is 32.4 Å². The molecule has 0 bridgehead atoms. The van der Waals surface area contributed by atoms with Gasteiger partial charge in [-0.05, 0) is 56.4 Å². The standard InChI is InChI=1S/C25H32N4O/c26-24-27-25(21-13-5-1-6-14-21,22-15-7-2-8-16-22)23(30)29(24)20-12-4-11-19-28-17-9-3-10-18-28/h1-2,5-8,13-16H,3-4,9-12,17-20H2,(H2,26,27). The van der Waals surface area contributed by atoms with Crippen LogP contribution in [-0.2, 0) is 10.3 Å². The van der Waals surface area contributed by atoms with Crippen LogP contribution in [0.1, 0.15) is 49.7 Å². The molecule has 30 heavy (non-hydrogen) atoms.